The number of nitrogens with zero attached hydrogens (tertiary/aromatic N) is 1. The van der Waals surface area contributed by atoms with Gasteiger partial charge in [0.15, 0.2) is 0 Å². The quantitative estimate of drug-likeness (QED) is 0.843. The molecule has 1 saturated heterocycles. The molecule has 0 spiro atoms. The normalized spacial score (nSPS) is 15.9. The molecule has 1 fully saturated rings. The van der Waals surface area contributed by atoms with Crippen LogP contribution in [0, 0.1) is 0 Å². The molecule has 1 aromatic rings. The zero-order chi connectivity index (χ0) is 17.4. The van der Waals surface area contributed by atoms with Crippen molar-refractivity contribution in [3.8, 4) is 0 Å². The number of piperidine rings is 1. The Morgan fingerprint density at radius 1 is 1.21 bits per heavy atom. The van der Waals surface area contributed by atoms with Gasteiger partial charge in [0, 0.05) is 24.7 Å². The van der Waals surface area contributed by atoms with Crippen LogP contribution in [-0.4, -0.2) is 42.6 Å². The monoisotopic (exact) mass is 330 g/mol. The number of carbonyl (C=O) groups excluding carboxylic acids is 2. The minimum atomic E-state index is -0.263. The highest BCUT2D eigenvalue weighted by molar-refractivity contribution is 5.97. The maximum absolute atomic E-state index is 12.5. The molecule has 1 aliphatic rings. The molecule has 1 heterocycles. The van der Waals surface area contributed by atoms with Gasteiger partial charge in [-0.25, -0.2) is 4.79 Å². The lowest BCUT2D eigenvalue weighted by atomic mass is 10.0. The standard InChI is InChI=1S/C19H26N2O3/c1-3-16(14-15-8-6-5-7-9-15)18(22)20-17-10-12-21(13-11-17)19(23)24-4-2/h5-9,14,17H,3-4,10-13H2,1-2H3,(H,20,22)/b16-14+. The molecule has 0 aromatic heterocycles. The summed E-state index contributed by atoms with van der Waals surface area (Å²) < 4.78 is 5.01. The Morgan fingerprint density at radius 2 is 1.88 bits per heavy atom. The Balaban J connectivity index is 1.88. The fourth-order valence-electron chi connectivity index (χ4n) is 2.78. The van der Waals surface area contributed by atoms with E-state index in [2.05, 4.69) is 5.32 Å². The van der Waals surface area contributed by atoms with Crippen LogP contribution in [0.1, 0.15) is 38.7 Å². The first-order chi connectivity index (χ1) is 11.6. The van der Waals surface area contributed by atoms with E-state index in [1.165, 1.54) is 0 Å². The van der Waals surface area contributed by atoms with Gasteiger partial charge in [0.25, 0.3) is 0 Å². The lowest BCUT2D eigenvalue weighted by molar-refractivity contribution is -0.118. The highest BCUT2D eigenvalue weighted by Crippen LogP contribution is 2.14. The van der Waals surface area contributed by atoms with Crippen LogP contribution in [0.3, 0.4) is 0 Å². The highest BCUT2D eigenvalue weighted by Gasteiger charge is 2.25. The van der Waals surface area contributed by atoms with Crippen LogP contribution in [0.4, 0.5) is 4.79 Å². The molecule has 0 aliphatic carbocycles. The molecule has 1 aliphatic heterocycles. The van der Waals surface area contributed by atoms with Crippen LogP contribution in [-0.2, 0) is 9.53 Å². The van der Waals surface area contributed by atoms with E-state index in [1.807, 2.05) is 43.3 Å². The molecule has 0 atom stereocenters. The molecule has 0 unspecified atom stereocenters. The fraction of sp³-hybridized carbons (Fsp3) is 0.474. The molecule has 24 heavy (non-hydrogen) atoms. The van der Waals surface area contributed by atoms with E-state index in [9.17, 15) is 9.59 Å². The molecule has 130 valence electrons. The predicted octanol–water partition coefficient (Wildman–Crippen LogP) is 3.22. The molecular formula is C19H26N2O3. The number of hydrogen-bond acceptors (Lipinski definition) is 3. The Morgan fingerprint density at radius 3 is 2.46 bits per heavy atom. The summed E-state index contributed by atoms with van der Waals surface area (Å²) in [6, 6.07) is 9.96. The van der Waals surface area contributed by atoms with Crippen molar-refractivity contribution >= 4 is 18.1 Å². The van der Waals surface area contributed by atoms with Crippen LogP contribution in [0.2, 0.25) is 0 Å². The Labute approximate surface area is 143 Å². The Bertz CT molecular complexity index is 576. The summed E-state index contributed by atoms with van der Waals surface area (Å²) in [6.07, 6.45) is 3.87. The molecule has 5 heteroatoms. The Kier molecular flexibility index (Phi) is 6.85. The second kappa shape index (κ2) is 9.11. The van der Waals surface area contributed by atoms with Gasteiger partial charge in [-0.05, 0) is 37.8 Å². The number of nitrogens with one attached hydrogen (secondary N) is 1. The number of carbonyl (C=O) groups is 2. The van der Waals surface area contributed by atoms with E-state index in [0.29, 0.717) is 26.1 Å². The van der Waals surface area contributed by atoms with Crippen molar-refractivity contribution in [2.24, 2.45) is 0 Å². The van der Waals surface area contributed by atoms with Crippen molar-refractivity contribution in [2.45, 2.75) is 39.2 Å². The maximum Gasteiger partial charge on any atom is 0.409 e. The first-order valence-electron chi connectivity index (χ1n) is 8.62. The number of amides is 2. The summed E-state index contributed by atoms with van der Waals surface area (Å²) in [6.45, 7) is 5.41. The second-order valence-electron chi connectivity index (χ2n) is 5.87. The number of benzene rings is 1. The predicted molar refractivity (Wildman–Crippen MR) is 94.5 cm³/mol. The molecule has 0 saturated carbocycles. The summed E-state index contributed by atoms with van der Waals surface area (Å²) in [7, 11) is 0. The van der Waals surface area contributed by atoms with Crippen molar-refractivity contribution in [3.63, 3.8) is 0 Å². The highest BCUT2D eigenvalue weighted by atomic mass is 16.6. The van der Waals surface area contributed by atoms with Gasteiger partial charge in [-0.1, -0.05) is 37.3 Å². The van der Waals surface area contributed by atoms with E-state index in [0.717, 1.165) is 24.0 Å². The van der Waals surface area contributed by atoms with Gasteiger partial charge in [-0.2, -0.15) is 0 Å². The SMILES string of the molecule is CCOC(=O)N1CCC(NC(=O)/C(=C/c2ccccc2)CC)CC1. The lowest BCUT2D eigenvalue weighted by Gasteiger charge is -2.31. The average Bonchev–Trinajstić information content (AvgIpc) is 2.61. The van der Waals surface area contributed by atoms with Crippen LogP contribution in [0.5, 0.6) is 0 Å². The topological polar surface area (TPSA) is 58.6 Å². The molecule has 1 N–H and O–H groups in total. The summed E-state index contributed by atoms with van der Waals surface area (Å²) in [5.41, 5.74) is 1.80. The second-order valence-corrected chi connectivity index (χ2v) is 5.87. The van der Waals surface area contributed by atoms with Gasteiger partial charge in [0.2, 0.25) is 5.91 Å². The van der Waals surface area contributed by atoms with E-state index < -0.39 is 0 Å². The molecule has 0 radical (unpaired) electrons. The third-order valence-corrected chi connectivity index (χ3v) is 4.17. The fourth-order valence-corrected chi connectivity index (χ4v) is 2.78. The van der Waals surface area contributed by atoms with Crippen LogP contribution in [0.15, 0.2) is 35.9 Å². The zero-order valence-corrected chi connectivity index (χ0v) is 14.5. The first kappa shape index (κ1) is 18.0. The van der Waals surface area contributed by atoms with Crippen molar-refractivity contribution in [2.75, 3.05) is 19.7 Å². The summed E-state index contributed by atoms with van der Waals surface area (Å²) in [5, 5.41) is 3.10. The number of hydrogen-bond donors (Lipinski definition) is 1. The van der Waals surface area contributed by atoms with Gasteiger partial charge >= 0.3 is 6.09 Å². The largest absolute Gasteiger partial charge is 0.450 e. The number of rotatable bonds is 5. The van der Waals surface area contributed by atoms with Crippen molar-refractivity contribution in [3.05, 3.63) is 41.5 Å². The van der Waals surface area contributed by atoms with E-state index >= 15 is 0 Å². The van der Waals surface area contributed by atoms with E-state index in [-0.39, 0.29) is 18.0 Å². The third kappa shape index (κ3) is 5.11. The molecule has 2 rings (SSSR count). The molecule has 0 bridgehead atoms. The smallest absolute Gasteiger partial charge is 0.409 e. The molecule has 5 nitrogen and oxygen atoms in total. The summed E-state index contributed by atoms with van der Waals surface area (Å²) in [4.78, 5) is 25.9. The Hall–Kier alpha value is -2.30. The van der Waals surface area contributed by atoms with Crippen molar-refractivity contribution < 1.29 is 14.3 Å². The van der Waals surface area contributed by atoms with Gasteiger partial charge < -0.3 is 15.0 Å². The van der Waals surface area contributed by atoms with Crippen molar-refractivity contribution in [1.29, 1.82) is 0 Å². The first-order valence-corrected chi connectivity index (χ1v) is 8.62. The molecule has 1 aromatic carbocycles. The third-order valence-electron chi connectivity index (χ3n) is 4.17. The van der Waals surface area contributed by atoms with Gasteiger partial charge in [-0.15, -0.1) is 0 Å². The maximum atomic E-state index is 12.5. The number of likely N-dealkylation sites (tertiary alicyclic amines) is 1. The van der Waals surface area contributed by atoms with Gasteiger partial charge in [0.05, 0.1) is 6.61 Å². The zero-order valence-electron chi connectivity index (χ0n) is 14.5. The minimum Gasteiger partial charge on any atom is -0.450 e. The summed E-state index contributed by atoms with van der Waals surface area (Å²) >= 11 is 0. The van der Waals surface area contributed by atoms with Crippen LogP contribution >= 0.6 is 0 Å². The number of ether oxygens (including phenoxy) is 1. The summed E-state index contributed by atoms with van der Waals surface area (Å²) in [5.74, 6) is -0.0177. The average molecular weight is 330 g/mol. The lowest BCUT2D eigenvalue weighted by Crippen LogP contribution is -2.47. The molecule has 2 amide bonds. The van der Waals surface area contributed by atoms with Crippen LogP contribution in [0.25, 0.3) is 6.08 Å². The molecular weight excluding hydrogens is 304 g/mol. The van der Waals surface area contributed by atoms with Gasteiger partial charge in [0.1, 0.15) is 0 Å². The van der Waals surface area contributed by atoms with E-state index in [1.54, 1.807) is 11.8 Å². The van der Waals surface area contributed by atoms with Crippen LogP contribution < -0.4 is 5.32 Å². The van der Waals surface area contributed by atoms with E-state index in [4.69, 9.17) is 4.74 Å². The van der Waals surface area contributed by atoms with Crippen molar-refractivity contribution in [1.82, 2.24) is 10.2 Å². The van der Waals surface area contributed by atoms with Gasteiger partial charge in [-0.3, -0.25) is 4.79 Å². The minimum absolute atomic E-state index is 0.0177.